The van der Waals surface area contributed by atoms with Crippen LogP contribution < -0.4 is 16.0 Å². The van der Waals surface area contributed by atoms with Gasteiger partial charge in [-0.2, -0.15) is 5.10 Å². The molecule has 2 aromatic rings. The summed E-state index contributed by atoms with van der Waals surface area (Å²) in [4.78, 5) is 14.3. The van der Waals surface area contributed by atoms with E-state index in [1.807, 2.05) is 24.3 Å². The lowest BCUT2D eigenvalue weighted by molar-refractivity contribution is -0.116. The average Bonchev–Trinajstić information content (AvgIpc) is 3.11. The van der Waals surface area contributed by atoms with E-state index in [0.29, 0.717) is 5.69 Å². The fraction of sp³-hybridized carbons (Fsp3) is 0.333. The number of anilines is 3. The smallest absolute Gasteiger partial charge is 0.246 e. The molecular formula is C15H19N5O. The van der Waals surface area contributed by atoms with Crippen LogP contribution >= 0.6 is 0 Å². The maximum atomic E-state index is 11.9. The first-order chi connectivity index (χ1) is 10.2. The Bertz CT molecular complexity index is 613. The number of nitrogens with one attached hydrogen (secondary N) is 1. The summed E-state index contributed by atoms with van der Waals surface area (Å²) in [6, 6.07) is 7.96. The molecule has 0 bridgehead atoms. The van der Waals surface area contributed by atoms with Crippen LogP contribution in [0.5, 0.6) is 0 Å². The lowest BCUT2D eigenvalue weighted by Crippen LogP contribution is -2.19. The zero-order chi connectivity index (χ0) is 14.7. The molecule has 1 aliphatic rings. The molecule has 1 aliphatic heterocycles. The van der Waals surface area contributed by atoms with Gasteiger partial charge in [0.2, 0.25) is 5.91 Å². The molecule has 0 saturated carbocycles. The second-order valence-corrected chi connectivity index (χ2v) is 5.26. The molecule has 1 saturated heterocycles. The van der Waals surface area contributed by atoms with Crippen LogP contribution in [0.2, 0.25) is 0 Å². The summed E-state index contributed by atoms with van der Waals surface area (Å²) >= 11 is 0. The number of benzene rings is 1. The van der Waals surface area contributed by atoms with Gasteiger partial charge in [0, 0.05) is 30.7 Å². The number of carbonyl (C=O) groups excluding carboxylic acids is 1. The molecule has 1 aromatic carbocycles. The van der Waals surface area contributed by atoms with Gasteiger partial charge in [0.05, 0.1) is 11.9 Å². The number of hydrogen-bond acceptors (Lipinski definition) is 4. The van der Waals surface area contributed by atoms with Crippen molar-refractivity contribution in [2.45, 2.75) is 19.4 Å². The minimum atomic E-state index is -0.118. The average molecular weight is 285 g/mol. The number of rotatable bonds is 4. The number of nitrogens with zero attached hydrogens (tertiary/aromatic N) is 3. The lowest BCUT2D eigenvalue weighted by Gasteiger charge is -2.17. The van der Waals surface area contributed by atoms with E-state index < -0.39 is 0 Å². The Morgan fingerprint density at radius 1 is 1.24 bits per heavy atom. The zero-order valence-corrected chi connectivity index (χ0v) is 11.8. The second-order valence-electron chi connectivity index (χ2n) is 5.26. The summed E-state index contributed by atoms with van der Waals surface area (Å²) in [6.07, 6.45) is 5.67. The molecule has 110 valence electrons. The Kier molecular flexibility index (Phi) is 3.77. The molecule has 21 heavy (non-hydrogen) atoms. The van der Waals surface area contributed by atoms with Crippen molar-refractivity contribution in [1.82, 2.24) is 9.78 Å². The Morgan fingerprint density at radius 2 is 1.95 bits per heavy atom. The van der Waals surface area contributed by atoms with Gasteiger partial charge in [0.15, 0.2) is 0 Å². The Hall–Kier alpha value is -2.50. The van der Waals surface area contributed by atoms with E-state index >= 15 is 0 Å². The molecule has 0 radical (unpaired) electrons. The number of carbonyl (C=O) groups is 1. The fourth-order valence-electron chi connectivity index (χ4n) is 2.54. The van der Waals surface area contributed by atoms with Gasteiger partial charge < -0.3 is 16.0 Å². The predicted molar refractivity (Wildman–Crippen MR) is 83.2 cm³/mol. The van der Waals surface area contributed by atoms with Gasteiger partial charge in [-0.25, -0.2) is 0 Å². The van der Waals surface area contributed by atoms with E-state index in [4.69, 9.17) is 5.73 Å². The summed E-state index contributed by atoms with van der Waals surface area (Å²) in [7, 11) is 0. The van der Waals surface area contributed by atoms with Gasteiger partial charge in [-0.3, -0.25) is 9.48 Å². The Balaban J connectivity index is 1.58. The van der Waals surface area contributed by atoms with E-state index in [2.05, 4.69) is 15.3 Å². The first-order valence-electron chi connectivity index (χ1n) is 7.13. The van der Waals surface area contributed by atoms with Gasteiger partial charge in [-0.05, 0) is 37.1 Å². The van der Waals surface area contributed by atoms with E-state index in [1.165, 1.54) is 29.4 Å². The molecule has 6 heteroatoms. The molecule has 3 N–H and O–H groups in total. The highest BCUT2D eigenvalue weighted by Crippen LogP contribution is 2.21. The number of nitrogen functional groups attached to an aromatic ring is 1. The molecule has 0 atom stereocenters. The first kappa shape index (κ1) is 13.5. The van der Waals surface area contributed by atoms with Crippen molar-refractivity contribution in [1.29, 1.82) is 0 Å². The maximum absolute atomic E-state index is 11.9. The van der Waals surface area contributed by atoms with Gasteiger partial charge in [-0.1, -0.05) is 0 Å². The zero-order valence-electron chi connectivity index (χ0n) is 11.8. The highest BCUT2D eigenvalue weighted by Gasteiger charge is 2.12. The molecule has 1 fully saturated rings. The fourth-order valence-corrected chi connectivity index (χ4v) is 2.54. The van der Waals surface area contributed by atoms with Gasteiger partial charge in [0.1, 0.15) is 6.54 Å². The third-order valence-corrected chi connectivity index (χ3v) is 3.58. The minimum absolute atomic E-state index is 0.118. The van der Waals surface area contributed by atoms with Gasteiger partial charge >= 0.3 is 0 Å². The quantitative estimate of drug-likeness (QED) is 0.896. The van der Waals surface area contributed by atoms with Gasteiger partial charge in [0.25, 0.3) is 0 Å². The van der Waals surface area contributed by atoms with Crippen LogP contribution in [0.3, 0.4) is 0 Å². The van der Waals surface area contributed by atoms with Crippen LogP contribution in [0, 0.1) is 0 Å². The first-order valence-corrected chi connectivity index (χ1v) is 7.13. The maximum Gasteiger partial charge on any atom is 0.246 e. The number of aromatic nitrogens is 2. The molecule has 1 amide bonds. The van der Waals surface area contributed by atoms with Crippen molar-refractivity contribution in [2.24, 2.45) is 0 Å². The highest BCUT2D eigenvalue weighted by molar-refractivity contribution is 5.90. The summed E-state index contributed by atoms with van der Waals surface area (Å²) < 4.78 is 1.52. The van der Waals surface area contributed by atoms with Crippen LogP contribution in [0.4, 0.5) is 17.1 Å². The van der Waals surface area contributed by atoms with Crippen LogP contribution in [0.1, 0.15) is 12.8 Å². The monoisotopic (exact) mass is 285 g/mol. The normalized spacial score (nSPS) is 14.4. The largest absolute Gasteiger partial charge is 0.396 e. The van der Waals surface area contributed by atoms with Crippen LogP contribution in [0.15, 0.2) is 36.7 Å². The molecule has 0 unspecified atom stereocenters. The summed E-state index contributed by atoms with van der Waals surface area (Å²) in [5.74, 6) is -0.118. The molecule has 0 aliphatic carbocycles. The third kappa shape index (κ3) is 3.34. The van der Waals surface area contributed by atoms with Crippen LogP contribution in [-0.2, 0) is 11.3 Å². The topological polar surface area (TPSA) is 76.2 Å². The van der Waals surface area contributed by atoms with Crippen LogP contribution in [0.25, 0.3) is 0 Å². The van der Waals surface area contributed by atoms with Crippen molar-refractivity contribution in [2.75, 3.05) is 29.0 Å². The molecular weight excluding hydrogens is 266 g/mol. The number of nitrogens with two attached hydrogens (primary N) is 1. The van der Waals surface area contributed by atoms with Crippen LogP contribution in [-0.4, -0.2) is 28.8 Å². The third-order valence-electron chi connectivity index (χ3n) is 3.58. The summed E-state index contributed by atoms with van der Waals surface area (Å²) in [6.45, 7) is 2.39. The minimum Gasteiger partial charge on any atom is -0.396 e. The molecule has 1 aromatic heterocycles. The standard InChI is InChI=1S/C15H19N5O/c16-12-9-17-20(10-12)11-15(21)18-13-3-5-14(6-4-13)19-7-1-2-8-19/h3-6,9-10H,1-2,7-8,11,16H2,(H,18,21). The lowest BCUT2D eigenvalue weighted by atomic mass is 10.2. The Labute approximate surface area is 123 Å². The van der Waals surface area contributed by atoms with Crippen molar-refractivity contribution < 1.29 is 4.79 Å². The highest BCUT2D eigenvalue weighted by atomic mass is 16.2. The molecule has 6 nitrogen and oxygen atoms in total. The van der Waals surface area contributed by atoms with Crippen molar-refractivity contribution in [3.63, 3.8) is 0 Å². The van der Waals surface area contributed by atoms with E-state index in [0.717, 1.165) is 18.8 Å². The SMILES string of the molecule is Nc1cnn(CC(=O)Nc2ccc(N3CCCC3)cc2)c1. The number of amides is 1. The summed E-state index contributed by atoms with van der Waals surface area (Å²) in [5.41, 5.74) is 8.12. The predicted octanol–water partition coefficient (Wildman–Crippen LogP) is 1.70. The Morgan fingerprint density at radius 3 is 2.57 bits per heavy atom. The van der Waals surface area contributed by atoms with E-state index in [1.54, 1.807) is 6.20 Å². The van der Waals surface area contributed by atoms with Crippen molar-refractivity contribution in [3.8, 4) is 0 Å². The molecule has 0 spiro atoms. The molecule has 3 rings (SSSR count). The van der Waals surface area contributed by atoms with Crippen molar-refractivity contribution in [3.05, 3.63) is 36.7 Å². The van der Waals surface area contributed by atoms with Crippen molar-refractivity contribution >= 4 is 23.0 Å². The number of hydrogen-bond donors (Lipinski definition) is 2. The molecule has 2 heterocycles. The second kappa shape index (κ2) is 5.87. The summed E-state index contributed by atoms with van der Waals surface area (Å²) in [5, 5.41) is 6.85. The van der Waals surface area contributed by atoms with E-state index in [-0.39, 0.29) is 12.5 Å². The van der Waals surface area contributed by atoms with Gasteiger partial charge in [-0.15, -0.1) is 0 Å². The van der Waals surface area contributed by atoms with E-state index in [9.17, 15) is 4.79 Å².